The summed E-state index contributed by atoms with van der Waals surface area (Å²) in [5, 5.41) is 5.41. The van der Waals surface area contributed by atoms with Gasteiger partial charge in [0.1, 0.15) is 5.75 Å². The maximum atomic E-state index is 12.4. The number of carbonyl (C=O) groups excluding carboxylic acids is 3. The second-order valence-corrected chi connectivity index (χ2v) is 7.50. The van der Waals surface area contributed by atoms with E-state index in [0.29, 0.717) is 19.6 Å². The van der Waals surface area contributed by atoms with Crippen LogP contribution in [0.4, 0.5) is 0 Å². The molecule has 7 heteroatoms. The highest BCUT2D eigenvalue weighted by atomic mass is 16.5. The minimum Gasteiger partial charge on any atom is -0.497 e. The van der Waals surface area contributed by atoms with Crippen LogP contribution >= 0.6 is 0 Å². The van der Waals surface area contributed by atoms with Gasteiger partial charge in [-0.3, -0.25) is 14.4 Å². The third kappa shape index (κ3) is 5.83. The molecule has 3 amide bonds. The Balaban J connectivity index is 1.41. The zero-order valence-corrected chi connectivity index (χ0v) is 17.3. The molecule has 0 radical (unpaired) electrons. The first-order valence-electron chi connectivity index (χ1n) is 9.95. The van der Waals surface area contributed by atoms with E-state index in [4.69, 9.17) is 4.74 Å². The van der Waals surface area contributed by atoms with Crippen LogP contribution in [-0.2, 0) is 27.5 Å². The van der Waals surface area contributed by atoms with Gasteiger partial charge in [0.05, 0.1) is 19.6 Å². The number of carbonyl (C=O) groups is 3. The lowest BCUT2D eigenvalue weighted by Crippen LogP contribution is -2.40. The molecule has 3 rings (SSSR count). The molecule has 1 unspecified atom stereocenters. The second kappa shape index (κ2) is 9.91. The van der Waals surface area contributed by atoms with E-state index in [0.717, 1.165) is 22.4 Å². The van der Waals surface area contributed by atoms with Crippen LogP contribution in [0.25, 0.3) is 0 Å². The topological polar surface area (TPSA) is 87.7 Å². The summed E-state index contributed by atoms with van der Waals surface area (Å²) >= 11 is 0. The van der Waals surface area contributed by atoms with E-state index in [1.807, 2.05) is 55.5 Å². The maximum Gasteiger partial charge on any atom is 0.239 e. The fourth-order valence-electron chi connectivity index (χ4n) is 3.33. The van der Waals surface area contributed by atoms with Gasteiger partial charge in [-0.15, -0.1) is 0 Å². The number of amides is 3. The highest BCUT2D eigenvalue weighted by Gasteiger charge is 2.34. The molecule has 1 heterocycles. The summed E-state index contributed by atoms with van der Waals surface area (Å²) < 4.78 is 5.10. The molecular weight excluding hydrogens is 382 g/mol. The van der Waals surface area contributed by atoms with E-state index in [9.17, 15) is 14.4 Å². The first kappa shape index (κ1) is 21.4. The average Bonchev–Trinajstić information content (AvgIpc) is 3.12. The molecule has 7 nitrogen and oxygen atoms in total. The standard InChI is InChI=1S/C23H27N3O4/c1-16-3-5-18(6-4-16)14-26-15-19(11-22(26)28)23(29)25-13-21(27)24-12-17-7-9-20(30-2)10-8-17/h3-10,19H,11-15H2,1-2H3,(H,24,27)(H,25,29). The number of nitrogens with zero attached hydrogens (tertiary/aromatic N) is 1. The number of benzene rings is 2. The van der Waals surface area contributed by atoms with E-state index in [2.05, 4.69) is 10.6 Å². The van der Waals surface area contributed by atoms with Crippen molar-refractivity contribution in [2.24, 2.45) is 5.92 Å². The van der Waals surface area contributed by atoms with Gasteiger partial charge in [-0.05, 0) is 30.2 Å². The van der Waals surface area contributed by atoms with Gasteiger partial charge in [0.2, 0.25) is 17.7 Å². The smallest absolute Gasteiger partial charge is 0.239 e. The fourth-order valence-corrected chi connectivity index (χ4v) is 3.33. The Morgan fingerprint density at radius 1 is 1.03 bits per heavy atom. The summed E-state index contributed by atoms with van der Waals surface area (Å²) in [6.45, 7) is 3.12. The average molecular weight is 409 g/mol. The lowest BCUT2D eigenvalue weighted by atomic mass is 10.1. The van der Waals surface area contributed by atoms with Crippen LogP contribution in [0.15, 0.2) is 48.5 Å². The molecule has 2 aromatic carbocycles. The zero-order chi connectivity index (χ0) is 21.5. The molecule has 0 bridgehead atoms. The van der Waals surface area contributed by atoms with Crippen molar-refractivity contribution < 1.29 is 19.1 Å². The highest BCUT2D eigenvalue weighted by molar-refractivity contribution is 5.91. The molecule has 0 aromatic heterocycles. The van der Waals surface area contributed by atoms with Crippen molar-refractivity contribution in [1.29, 1.82) is 0 Å². The summed E-state index contributed by atoms with van der Waals surface area (Å²) in [6.07, 6.45) is 0.172. The van der Waals surface area contributed by atoms with Crippen LogP contribution in [0.5, 0.6) is 5.75 Å². The SMILES string of the molecule is COc1ccc(CNC(=O)CNC(=O)C2CC(=O)N(Cc3ccc(C)cc3)C2)cc1. The molecule has 1 fully saturated rings. The van der Waals surface area contributed by atoms with Gasteiger partial charge >= 0.3 is 0 Å². The minimum absolute atomic E-state index is 0.0420. The highest BCUT2D eigenvalue weighted by Crippen LogP contribution is 2.20. The second-order valence-electron chi connectivity index (χ2n) is 7.50. The van der Waals surface area contributed by atoms with Gasteiger partial charge in [0.25, 0.3) is 0 Å². The molecule has 0 spiro atoms. The van der Waals surface area contributed by atoms with Crippen LogP contribution in [0.1, 0.15) is 23.1 Å². The van der Waals surface area contributed by atoms with Crippen molar-refractivity contribution in [2.45, 2.75) is 26.4 Å². The van der Waals surface area contributed by atoms with Crippen molar-refractivity contribution in [1.82, 2.24) is 15.5 Å². The third-order valence-corrected chi connectivity index (χ3v) is 5.15. The molecule has 30 heavy (non-hydrogen) atoms. The lowest BCUT2D eigenvalue weighted by Gasteiger charge is -2.17. The Hall–Kier alpha value is -3.35. The van der Waals surface area contributed by atoms with Gasteiger partial charge in [0.15, 0.2) is 0 Å². The molecule has 158 valence electrons. The van der Waals surface area contributed by atoms with E-state index in [1.165, 1.54) is 0 Å². The van der Waals surface area contributed by atoms with Gasteiger partial charge < -0.3 is 20.3 Å². The number of ether oxygens (including phenoxy) is 1. The molecule has 1 aliphatic heterocycles. The molecular formula is C23H27N3O4. The third-order valence-electron chi connectivity index (χ3n) is 5.15. The first-order valence-corrected chi connectivity index (χ1v) is 9.95. The van der Waals surface area contributed by atoms with Crippen LogP contribution in [-0.4, -0.2) is 42.8 Å². The summed E-state index contributed by atoms with van der Waals surface area (Å²) in [7, 11) is 1.60. The Kier molecular flexibility index (Phi) is 7.06. The minimum atomic E-state index is -0.433. The number of methoxy groups -OCH3 is 1. The summed E-state index contributed by atoms with van der Waals surface area (Å²) in [5.74, 6) is -0.272. The number of hydrogen-bond acceptors (Lipinski definition) is 4. The number of likely N-dealkylation sites (tertiary alicyclic amines) is 1. The number of hydrogen-bond donors (Lipinski definition) is 2. The lowest BCUT2D eigenvalue weighted by molar-refractivity contribution is -0.129. The summed E-state index contributed by atoms with van der Waals surface area (Å²) in [6, 6.07) is 15.4. The van der Waals surface area contributed by atoms with E-state index in [-0.39, 0.29) is 30.7 Å². The first-order chi connectivity index (χ1) is 14.4. The monoisotopic (exact) mass is 409 g/mol. The molecule has 1 aliphatic rings. The largest absolute Gasteiger partial charge is 0.497 e. The normalized spacial score (nSPS) is 15.7. The van der Waals surface area contributed by atoms with Crippen LogP contribution < -0.4 is 15.4 Å². The van der Waals surface area contributed by atoms with Crippen molar-refractivity contribution >= 4 is 17.7 Å². The predicted octanol–water partition coefficient (Wildman–Crippen LogP) is 1.78. The Morgan fingerprint density at radius 2 is 1.70 bits per heavy atom. The number of rotatable bonds is 8. The maximum absolute atomic E-state index is 12.4. The fraction of sp³-hybridized carbons (Fsp3) is 0.348. The van der Waals surface area contributed by atoms with Gasteiger partial charge in [-0.2, -0.15) is 0 Å². The van der Waals surface area contributed by atoms with E-state index < -0.39 is 5.92 Å². The van der Waals surface area contributed by atoms with Crippen LogP contribution in [0.3, 0.4) is 0 Å². The van der Waals surface area contributed by atoms with Crippen molar-refractivity contribution in [2.75, 3.05) is 20.2 Å². The summed E-state index contributed by atoms with van der Waals surface area (Å²) in [4.78, 5) is 38.4. The van der Waals surface area contributed by atoms with E-state index in [1.54, 1.807) is 12.0 Å². The summed E-state index contributed by atoms with van der Waals surface area (Å²) in [5.41, 5.74) is 3.13. The van der Waals surface area contributed by atoms with Gasteiger partial charge in [0, 0.05) is 26.1 Å². The van der Waals surface area contributed by atoms with Crippen molar-refractivity contribution in [3.05, 3.63) is 65.2 Å². The number of nitrogens with one attached hydrogen (secondary N) is 2. The number of aryl methyl sites for hydroxylation is 1. The Labute approximate surface area is 176 Å². The van der Waals surface area contributed by atoms with Crippen LogP contribution in [0, 0.1) is 12.8 Å². The Morgan fingerprint density at radius 3 is 2.37 bits per heavy atom. The van der Waals surface area contributed by atoms with E-state index >= 15 is 0 Å². The zero-order valence-electron chi connectivity index (χ0n) is 17.3. The molecule has 0 saturated carbocycles. The van der Waals surface area contributed by atoms with Crippen molar-refractivity contribution in [3.63, 3.8) is 0 Å². The molecule has 2 N–H and O–H groups in total. The Bertz CT molecular complexity index is 894. The molecule has 1 saturated heterocycles. The quantitative estimate of drug-likeness (QED) is 0.696. The van der Waals surface area contributed by atoms with Gasteiger partial charge in [-0.25, -0.2) is 0 Å². The molecule has 1 atom stereocenters. The van der Waals surface area contributed by atoms with Gasteiger partial charge in [-0.1, -0.05) is 42.0 Å². The molecule has 0 aliphatic carbocycles. The van der Waals surface area contributed by atoms with Crippen molar-refractivity contribution in [3.8, 4) is 5.75 Å². The molecule has 2 aromatic rings. The predicted molar refractivity (Wildman–Crippen MR) is 113 cm³/mol. The van der Waals surface area contributed by atoms with Crippen LogP contribution in [0.2, 0.25) is 0 Å².